The number of rotatable bonds is 10. The molecule has 0 fully saturated rings. The van der Waals surface area contributed by atoms with E-state index in [1.807, 2.05) is 4.57 Å². The van der Waals surface area contributed by atoms with E-state index >= 15 is 0 Å². The Morgan fingerprint density at radius 2 is 1.88 bits per heavy atom. The van der Waals surface area contributed by atoms with Crippen LogP contribution >= 0.6 is 11.6 Å². The SMILES string of the molecule is CCOC(=O)c1cn([C@@H](C(C)C)C(O[SiH](C)C)C(C)(C)C)c2nc(OC)c(Cc3cccc(Cl)c3F)cc2c1=O. The maximum Gasteiger partial charge on any atom is 0.343 e. The lowest BCUT2D eigenvalue weighted by atomic mass is 9.80. The van der Waals surface area contributed by atoms with Crippen molar-refractivity contribution in [1.29, 1.82) is 0 Å². The molecule has 7 nitrogen and oxygen atoms in total. The van der Waals surface area contributed by atoms with E-state index < -0.39 is 26.3 Å². The molecule has 0 bridgehead atoms. The molecule has 10 heteroatoms. The summed E-state index contributed by atoms with van der Waals surface area (Å²) in [5, 5.41) is 0.211. The minimum Gasteiger partial charge on any atom is -0.481 e. The molecule has 0 N–H and O–H groups in total. The van der Waals surface area contributed by atoms with Crippen LogP contribution in [0.25, 0.3) is 11.0 Å². The summed E-state index contributed by atoms with van der Waals surface area (Å²) in [4.78, 5) is 31.5. The van der Waals surface area contributed by atoms with Crippen LogP contribution in [0.15, 0.2) is 35.3 Å². The summed E-state index contributed by atoms with van der Waals surface area (Å²) >= 11 is 6.01. The van der Waals surface area contributed by atoms with Gasteiger partial charge in [-0.25, -0.2) is 9.18 Å². The van der Waals surface area contributed by atoms with E-state index in [4.69, 9.17) is 30.5 Å². The molecule has 0 aliphatic heterocycles. The molecule has 1 aromatic carbocycles. The highest BCUT2D eigenvalue weighted by Crippen LogP contribution is 2.38. The second-order valence-corrected chi connectivity index (χ2v) is 14.4. The number of esters is 1. The number of ether oxygens (including phenoxy) is 2. The van der Waals surface area contributed by atoms with E-state index in [9.17, 15) is 14.0 Å². The van der Waals surface area contributed by atoms with Gasteiger partial charge in [0.1, 0.15) is 17.0 Å². The monoisotopic (exact) mass is 590 g/mol. The van der Waals surface area contributed by atoms with Crippen molar-refractivity contribution in [3.63, 3.8) is 0 Å². The molecule has 40 heavy (non-hydrogen) atoms. The summed E-state index contributed by atoms with van der Waals surface area (Å²) in [6.07, 6.45) is 1.38. The van der Waals surface area contributed by atoms with E-state index in [1.54, 1.807) is 31.3 Å². The molecular weight excluding hydrogens is 551 g/mol. The van der Waals surface area contributed by atoms with E-state index in [-0.39, 0.29) is 58.4 Å². The molecule has 2 atom stereocenters. The van der Waals surface area contributed by atoms with Crippen LogP contribution in [0.4, 0.5) is 4.39 Å². The fourth-order valence-electron chi connectivity index (χ4n) is 4.98. The van der Waals surface area contributed by atoms with Crippen molar-refractivity contribution in [3.05, 3.63) is 68.2 Å². The summed E-state index contributed by atoms with van der Waals surface area (Å²) in [6, 6.07) is 6.10. The van der Waals surface area contributed by atoms with Gasteiger partial charge in [-0.05, 0) is 49.0 Å². The minimum absolute atomic E-state index is 0.00105. The van der Waals surface area contributed by atoms with Crippen LogP contribution < -0.4 is 10.2 Å². The third-order valence-electron chi connectivity index (χ3n) is 6.73. The quantitative estimate of drug-likeness (QED) is 0.196. The first-order chi connectivity index (χ1) is 18.7. The molecule has 0 spiro atoms. The maximum absolute atomic E-state index is 14.8. The topological polar surface area (TPSA) is 79.7 Å². The second-order valence-electron chi connectivity index (χ2n) is 11.6. The molecule has 0 radical (unpaired) electrons. The fraction of sp³-hybridized carbons (Fsp3) is 0.500. The first-order valence-corrected chi connectivity index (χ1v) is 16.7. The molecule has 218 valence electrons. The number of benzene rings is 1. The lowest BCUT2D eigenvalue weighted by Gasteiger charge is -2.42. The fourth-order valence-corrected chi connectivity index (χ4v) is 6.33. The number of hydrogen-bond acceptors (Lipinski definition) is 6. The highest BCUT2D eigenvalue weighted by atomic mass is 35.5. The zero-order valence-electron chi connectivity index (χ0n) is 24.8. The van der Waals surface area contributed by atoms with Crippen molar-refractivity contribution in [3.8, 4) is 5.88 Å². The molecule has 0 saturated carbocycles. The Hall–Kier alpha value is -2.75. The number of carbonyl (C=O) groups is 1. The van der Waals surface area contributed by atoms with Crippen LogP contribution in [0.3, 0.4) is 0 Å². The number of nitrogens with zero attached hydrogens (tertiary/aromatic N) is 2. The first-order valence-electron chi connectivity index (χ1n) is 13.6. The maximum atomic E-state index is 14.8. The molecule has 2 heterocycles. The Morgan fingerprint density at radius 3 is 2.42 bits per heavy atom. The molecular formula is C30H40ClFN2O5Si. The number of fused-ring (bicyclic) bond motifs is 1. The van der Waals surface area contributed by atoms with Gasteiger partial charge in [-0.2, -0.15) is 4.98 Å². The van der Waals surface area contributed by atoms with Gasteiger partial charge in [0.15, 0.2) is 9.04 Å². The number of halogens is 2. The number of hydrogen-bond donors (Lipinski definition) is 0. The number of pyridine rings is 2. The van der Waals surface area contributed by atoms with Crippen LogP contribution in [0, 0.1) is 17.2 Å². The number of aromatic nitrogens is 2. The average molecular weight is 591 g/mol. The Bertz CT molecular complexity index is 1430. The van der Waals surface area contributed by atoms with Gasteiger partial charge >= 0.3 is 5.97 Å². The smallest absolute Gasteiger partial charge is 0.343 e. The molecule has 3 aromatic rings. The normalized spacial score (nSPS) is 13.6. The van der Waals surface area contributed by atoms with Crippen molar-refractivity contribution in [1.82, 2.24) is 9.55 Å². The van der Waals surface area contributed by atoms with Gasteiger partial charge < -0.3 is 18.5 Å². The van der Waals surface area contributed by atoms with Crippen LogP contribution in [-0.4, -0.2) is 44.4 Å². The lowest BCUT2D eigenvalue weighted by Crippen LogP contribution is -2.43. The Balaban J connectivity index is 2.40. The van der Waals surface area contributed by atoms with Gasteiger partial charge in [0, 0.05) is 18.2 Å². The number of carbonyl (C=O) groups excluding carboxylic acids is 1. The van der Waals surface area contributed by atoms with Gasteiger partial charge in [-0.15, -0.1) is 0 Å². The van der Waals surface area contributed by atoms with Gasteiger partial charge in [0.25, 0.3) is 0 Å². The van der Waals surface area contributed by atoms with Crippen LogP contribution in [0.1, 0.15) is 69.1 Å². The van der Waals surface area contributed by atoms with E-state index in [0.29, 0.717) is 16.8 Å². The van der Waals surface area contributed by atoms with Gasteiger partial charge in [-0.1, -0.05) is 58.4 Å². The lowest BCUT2D eigenvalue weighted by molar-refractivity contribution is 0.0209. The Morgan fingerprint density at radius 1 is 1.20 bits per heavy atom. The van der Waals surface area contributed by atoms with E-state index in [2.05, 4.69) is 47.7 Å². The summed E-state index contributed by atoms with van der Waals surface area (Å²) < 4.78 is 34.2. The molecule has 0 aliphatic carbocycles. The molecule has 0 amide bonds. The highest BCUT2D eigenvalue weighted by Gasteiger charge is 2.38. The Labute approximate surface area is 242 Å². The standard InChI is InChI=1S/C30H40ClFN2O5Si/c1-10-38-29(36)21-16-34(24(17(2)3)26(30(4,5)6)39-40(8)9)27-20(25(21)35)15-19(28(33-27)37-7)14-18-12-11-13-22(31)23(18)32/h11-13,15-17,24,26,40H,10,14H2,1-9H3/t24-,26?/m0/s1. The number of methoxy groups -OCH3 is 1. The van der Waals surface area contributed by atoms with Crippen molar-refractivity contribution >= 4 is 37.6 Å². The molecule has 0 aliphatic rings. The van der Waals surface area contributed by atoms with Crippen molar-refractivity contribution in [2.75, 3.05) is 13.7 Å². The van der Waals surface area contributed by atoms with Crippen LogP contribution in [0.2, 0.25) is 18.1 Å². The van der Waals surface area contributed by atoms with E-state index in [1.165, 1.54) is 13.2 Å². The predicted octanol–water partition coefficient (Wildman–Crippen LogP) is 6.58. The third-order valence-corrected chi connectivity index (χ3v) is 7.86. The van der Waals surface area contributed by atoms with Crippen LogP contribution in [-0.2, 0) is 15.6 Å². The molecule has 0 saturated heterocycles. The third kappa shape index (κ3) is 6.75. The zero-order valence-corrected chi connectivity index (χ0v) is 26.7. The summed E-state index contributed by atoms with van der Waals surface area (Å²) in [5.74, 6) is -0.967. The minimum atomic E-state index is -1.50. The predicted molar refractivity (Wildman–Crippen MR) is 160 cm³/mol. The van der Waals surface area contributed by atoms with Crippen molar-refractivity contribution in [2.45, 2.75) is 73.2 Å². The van der Waals surface area contributed by atoms with Gasteiger partial charge in [-0.3, -0.25) is 4.79 Å². The summed E-state index contributed by atoms with van der Waals surface area (Å²) in [6.45, 7) is 16.6. The highest BCUT2D eigenvalue weighted by molar-refractivity contribution is 6.48. The molecule has 2 aromatic heterocycles. The Kier molecular flexibility index (Phi) is 10.2. The van der Waals surface area contributed by atoms with E-state index in [0.717, 1.165) is 0 Å². The zero-order chi connectivity index (χ0) is 29.9. The van der Waals surface area contributed by atoms with Crippen LogP contribution in [0.5, 0.6) is 5.88 Å². The molecule has 1 unspecified atom stereocenters. The average Bonchev–Trinajstić information content (AvgIpc) is 2.86. The second kappa shape index (κ2) is 12.8. The van der Waals surface area contributed by atoms with Crippen molar-refractivity contribution in [2.24, 2.45) is 11.3 Å². The van der Waals surface area contributed by atoms with Gasteiger partial charge in [0.05, 0.1) is 36.3 Å². The van der Waals surface area contributed by atoms with Crippen molar-refractivity contribution < 1.29 is 23.1 Å². The van der Waals surface area contributed by atoms with Gasteiger partial charge in [0.2, 0.25) is 11.3 Å². The first kappa shape index (κ1) is 31.8. The summed E-state index contributed by atoms with van der Waals surface area (Å²) in [7, 11) is -0.0167. The molecule has 3 rings (SSSR count). The largest absolute Gasteiger partial charge is 0.481 e. The summed E-state index contributed by atoms with van der Waals surface area (Å²) in [5.41, 5.74) is 0.298.